The Hall–Kier alpha value is -2.17. The standard InChI is InChI=1S/C14H14N2O3.C2H6/c1-8-2-3-9-7-16(14(19)10(9)6-8)11-4-5-12(17)15-13(11)18;1-2/h2-3,6,11H,4-5,7H2,1H3,(H,15,17,18);1-2H3. The number of carbonyl (C=O) groups is 3. The fraction of sp³-hybridized carbons (Fsp3) is 0.438. The van der Waals surface area contributed by atoms with Crippen molar-refractivity contribution in [1.29, 1.82) is 0 Å². The van der Waals surface area contributed by atoms with Crippen LogP contribution in [0.2, 0.25) is 0 Å². The second-order valence-corrected chi connectivity index (χ2v) is 5.06. The number of benzene rings is 1. The van der Waals surface area contributed by atoms with Crippen LogP contribution < -0.4 is 5.32 Å². The third-order valence-corrected chi connectivity index (χ3v) is 3.68. The van der Waals surface area contributed by atoms with Gasteiger partial charge in [-0.05, 0) is 25.0 Å². The van der Waals surface area contributed by atoms with Crippen molar-refractivity contribution in [3.8, 4) is 0 Å². The van der Waals surface area contributed by atoms with Gasteiger partial charge in [0, 0.05) is 18.5 Å². The Kier molecular flexibility index (Phi) is 4.40. The first-order valence-electron chi connectivity index (χ1n) is 7.30. The van der Waals surface area contributed by atoms with E-state index >= 15 is 0 Å². The van der Waals surface area contributed by atoms with Gasteiger partial charge in [-0.1, -0.05) is 31.5 Å². The number of hydrogen-bond donors (Lipinski definition) is 1. The van der Waals surface area contributed by atoms with Gasteiger partial charge in [-0.2, -0.15) is 0 Å². The highest BCUT2D eigenvalue weighted by molar-refractivity contribution is 6.05. The predicted molar refractivity (Wildman–Crippen MR) is 78.6 cm³/mol. The molecular weight excluding hydrogens is 268 g/mol. The van der Waals surface area contributed by atoms with Crippen molar-refractivity contribution in [2.75, 3.05) is 0 Å². The van der Waals surface area contributed by atoms with Crippen molar-refractivity contribution < 1.29 is 14.4 Å². The molecule has 1 fully saturated rings. The van der Waals surface area contributed by atoms with Crippen LogP contribution in [-0.2, 0) is 16.1 Å². The monoisotopic (exact) mass is 288 g/mol. The molecule has 2 aliphatic rings. The van der Waals surface area contributed by atoms with Crippen LogP contribution in [0.25, 0.3) is 0 Å². The van der Waals surface area contributed by atoms with Crippen LogP contribution in [0.15, 0.2) is 18.2 Å². The summed E-state index contributed by atoms with van der Waals surface area (Å²) < 4.78 is 0. The predicted octanol–water partition coefficient (Wildman–Crippen LogP) is 1.78. The Bertz CT molecular complexity index is 595. The second-order valence-electron chi connectivity index (χ2n) is 5.06. The van der Waals surface area contributed by atoms with E-state index in [4.69, 9.17) is 0 Å². The summed E-state index contributed by atoms with van der Waals surface area (Å²) in [6.45, 7) is 6.38. The Morgan fingerprint density at radius 2 is 1.90 bits per heavy atom. The summed E-state index contributed by atoms with van der Waals surface area (Å²) in [6, 6.07) is 5.20. The zero-order valence-electron chi connectivity index (χ0n) is 12.6. The van der Waals surface area contributed by atoms with Crippen molar-refractivity contribution in [1.82, 2.24) is 10.2 Å². The Morgan fingerprint density at radius 3 is 2.57 bits per heavy atom. The van der Waals surface area contributed by atoms with Crippen LogP contribution in [0.1, 0.15) is 48.2 Å². The minimum Gasteiger partial charge on any atom is -0.322 e. The van der Waals surface area contributed by atoms with Gasteiger partial charge >= 0.3 is 0 Å². The summed E-state index contributed by atoms with van der Waals surface area (Å²) >= 11 is 0. The first-order valence-corrected chi connectivity index (χ1v) is 7.30. The lowest BCUT2D eigenvalue weighted by Crippen LogP contribution is -2.52. The summed E-state index contributed by atoms with van der Waals surface area (Å²) in [5.41, 5.74) is 2.64. The summed E-state index contributed by atoms with van der Waals surface area (Å²) in [4.78, 5) is 36.9. The molecule has 0 radical (unpaired) electrons. The number of amides is 3. The fourth-order valence-electron chi connectivity index (χ4n) is 2.67. The minimum atomic E-state index is -0.530. The van der Waals surface area contributed by atoms with E-state index in [0.717, 1.165) is 11.1 Å². The molecule has 0 aliphatic carbocycles. The van der Waals surface area contributed by atoms with Gasteiger partial charge < -0.3 is 4.90 Å². The number of carbonyl (C=O) groups excluding carboxylic acids is 3. The maximum Gasteiger partial charge on any atom is 0.255 e. The fourth-order valence-corrected chi connectivity index (χ4v) is 2.67. The number of hydrogen-bond acceptors (Lipinski definition) is 3. The second kappa shape index (κ2) is 6.08. The summed E-state index contributed by atoms with van der Waals surface area (Å²) in [5, 5.41) is 2.29. The lowest BCUT2D eigenvalue weighted by molar-refractivity contribution is -0.136. The Morgan fingerprint density at radius 1 is 1.19 bits per heavy atom. The molecule has 0 saturated carbocycles. The average Bonchev–Trinajstić information content (AvgIpc) is 2.78. The van der Waals surface area contributed by atoms with E-state index in [1.807, 2.05) is 39.0 Å². The van der Waals surface area contributed by atoms with E-state index in [1.165, 1.54) is 0 Å². The smallest absolute Gasteiger partial charge is 0.255 e. The highest BCUT2D eigenvalue weighted by Gasteiger charge is 2.38. The molecule has 5 nitrogen and oxygen atoms in total. The van der Waals surface area contributed by atoms with E-state index in [1.54, 1.807) is 4.90 Å². The summed E-state index contributed by atoms with van der Waals surface area (Å²) in [5.74, 6) is -0.747. The van der Waals surface area contributed by atoms with Crippen LogP contribution >= 0.6 is 0 Å². The van der Waals surface area contributed by atoms with E-state index in [0.29, 0.717) is 18.5 Å². The number of imide groups is 1. The highest BCUT2D eigenvalue weighted by atomic mass is 16.2. The van der Waals surface area contributed by atoms with Gasteiger partial charge in [0.1, 0.15) is 6.04 Å². The van der Waals surface area contributed by atoms with Crippen molar-refractivity contribution in [3.05, 3.63) is 34.9 Å². The summed E-state index contributed by atoms with van der Waals surface area (Å²) in [6.07, 6.45) is 0.693. The molecule has 112 valence electrons. The van der Waals surface area contributed by atoms with Crippen LogP contribution in [0, 0.1) is 6.92 Å². The number of nitrogens with zero attached hydrogens (tertiary/aromatic N) is 1. The van der Waals surface area contributed by atoms with Crippen LogP contribution in [-0.4, -0.2) is 28.7 Å². The molecule has 0 bridgehead atoms. The maximum atomic E-state index is 12.3. The largest absolute Gasteiger partial charge is 0.322 e. The molecule has 5 heteroatoms. The molecule has 1 aromatic rings. The van der Waals surface area contributed by atoms with E-state index in [9.17, 15) is 14.4 Å². The topological polar surface area (TPSA) is 66.5 Å². The molecule has 3 rings (SSSR count). The zero-order chi connectivity index (χ0) is 15.6. The average molecular weight is 288 g/mol. The van der Waals surface area contributed by atoms with E-state index in [2.05, 4.69) is 5.32 Å². The van der Waals surface area contributed by atoms with Gasteiger partial charge in [0.25, 0.3) is 5.91 Å². The molecule has 1 unspecified atom stereocenters. The molecule has 1 N–H and O–H groups in total. The van der Waals surface area contributed by atoms with Crippen molar-refractivity contribution in [3.63, 3.8) is 0 Å². The molecule has 1 aromatic carbocycles. The van der Waals surface area contributed by atoms with Gasteiger partial charge in [-0.15, -0.1) is 0 Å². The molecule has 21 heavy (non-hydrogen) atoms. The van der Waals surface area contributed by atoms with Gasteiger partial charge in [0.2, 0.25) is 11.8 Å². The van der Waals surface area contributed by atoms with Gasteiger partial charge in [0.15, 0.2) is 0 Å². The number of fused-ring (bicyclic) bond motifs is 1. The van der Waals surface area contributed by atoms with Crippen LogP contribution in [0.3, 0.4) is 0 Å². The lowest BCUT2D eigenvalue weighted by atomic mass is 10.0. The van der Waals surface area contributed by atoms with Gasteiger partial charge in [0.05, 0.1) is 0 Å². The maximum absolute atomic E-state index is 12.3. The molecular formula is C16H20N2O3. The zero-order valence-corrected chi connectivity index (χ0v) is 12.6. The SMILES string of the molecule is CC.Cc1ccc2c(c1)C(=O)N(C1CCC(=O)NC1=O)C2. The van der Waals surface area contributed by atoms with Crippen LogP contribution in [0.5, 0.6) is 0 Å². The van der Waals surface area contributed by atoms with Crippen molar-refractivity contribution in [2.45, 2.75) is 46.2 Å². The summed E-state index contributed by atoms with van der Waals surface area (Å²) in [7, 11) is 0. The Labute approximate surface area is 124 Å². The van der Waals surface area contributed by atoms with E-state index in [-0.39, 0.29) is 24.1 Å². The molecule has 2 heterocycles. The molecule has 0 spiro atoms. The molecule has 0 aromatic heterocycles. The number of aryl methyl sites for hydroxylation is 1. The normalized spacial score (nSPS) is 20.6. The van der Waals surface area contributed by atoms with Crippen molar-refractivity contribution in [2.24, 2.45) is 0 Å². The third-order valence-electron chi connectivity index (χ3n) is 3.68. The highest BCUT2D eigenvalue weighted by Crippen LogP contribution is 2.27. The van der Waals surface area contributed by atoms with Crippen molar-refractivity contribution >= 4 is 17.7 Å². The Balaban J connectivity index is 0.000000774. The lowest BCUT2D eigenvalue weighted by Gasteiger charge is -2.29. The number of nitrogens with one attached hydrogen (secondary N) is 1. The first-order chi connectivity index (χ1) is 10.1. The first kappa shape index (κ1) is 15.2. The minimum absolute atomic E-state index is 0.117. The molecule has 3 amide bonds. The van der Waals surface area contributed by atoms with Gasteiger partial charge in [-0.25, -0.2) is 0 Å². The molecule has 1 atom stereocenters. The number of rotatable bonds is 1. The quantitative estimate of drug-likeness (QED) is 0.801. The molecule has 1 saturated heterocycles. The van der Waals surface area contributed by atoms with E-state index < -0.39 is 6.04 Å². The third kappa shape index (κ3) is 2.82. The number of piperidine rings is 1. The molecule has 2 aliphatic heterocycles. The van der Waals surface area contributed by atoms with Gasteiger partial charge in [-0.3, -0.25) is 19.7 Å². The van der Waals surface area contributed by atoms with Crippen LogP contribution in [0.4, 0.5) is 0 Å².